The topological polar surface area (TPSA) is 52.6 Å². The molecule has 0 spiro atoms. The molecular weight excluding hydrogens is 124 g/mol. The van der Waals surface area contributed by atoms with Gasteiger partial charge < -0.3 is 9.47 Å². The minimum Gasteiger partial charge on any atom is -0.466 e. The number of rotatable bonds is 3. The van der Waals surface area contributed by atoms with E-state index in [4.69, 9.17) is 0 Å². The van der Waals surface area contributed by atoms with Crippen molar-refractivity contribution >= 4 is 12.4 Å². The smallest absolute Gasteiger partial charge is 0.418 e. The molecule has 4 nitrogen and oxygen atoms in total. The maximum atomic E-state index is 10.4. The fourth-order valence-electron chi connectivity index (χ4n) is 0.286. The molecule has 4 heteroatoms. The summed E-state index contributed by atoms with van der Waals surface area (Å²) in [5, 5.41) is 0. The Bertz CT molecular complexity index is 110. The molecule has 0 aliphatic carbocycles. The summed E-state index contributed by atoms with van der Waals surface area (Å²) in [5.74, 6) is -0.585. The van der Waals surface area contributed by atoms with Crippen LogP contribution in [0.15, 0.2) is 0 Å². The first-order chi connectivity index (χ1) is 4.22. The van der Waals surface area contributed by atoms with Gasteiger partial charge in [-0.25, -0.2) is 9.59 Å². The van der Waals surface area contributed by atoms with E-state index in [-0.39, 0.29) is 0 Å². The first kappa shape index (κ1) is 7.94. The van der Waals surface area contributed by atoms with Crippen molar-refractivity contribution in [2.75, 3.05) is 7.11 Å². The Morgan fingerprint density at radius 2 is 2.22 bits per heavy atom. The lowest BCUT2D eigenvalue weighted by Gasteiger charge is -2.03. The molecule has 0 aliphatic rings. The zero-order chi connectivity index (χ0) is 7.28. The number of carbonyl (C=O) groups is 1. The van der Waals surface area contributed by atoms with Crippen LogP contribution in [0, 0.1) is 0 Å². The monoisotopic (exact) mass is 131 g/mol. The van der Waals surface area contributed by atoms with E-state index in [1.54, 1.807) is 0 Å². The molecule has 0 amide bonds. The summed E-state index contributed by atoms with van der Waals surface area (Å²) in [4.78, 5) is 19.9. The van der Waals surface area contributed by atoms with E-state index in [2.05, 4.69) is 9.47 Å². The molecule has 0 N–H and O–H groups in total. The minimum atomic E-state index is -0.854. The second-order valence-electron chi connectivity index (χ2n) is 1.37. The molecule has 9 heavy (non-hydrogen) atoms. The van der Waals surface area contributed by atoms with Gasteiger partial charge in [0.1, 0.15) is 0 Å². The van der Waals surface area contributed by atoms with Crippen LogP contribution in [0.4, 0.5) is 0 Å². The van der Waals surface area contributed by atoms with Gasteiger partial charge >= 0.3 is 12.4 Å². The van der Waals surface area contributed by atoms with E-state index >= 15 is 0 Å². The zero-order valence-electron chi connectivity index (χ0n) is 5.21. The van der Waals surface area contributed by atoms with Crippen molar-refractivity contribution in [2.45, 2.75) is 13.0 Å². The molecule has 0 aromatic rings. The lowest BCUT2D eigenvalue weighted by atomic mass is 10.4. The Hall–Kier alpha value is -1.06. The van der Waals surface area contributed by atoms with Gasteiger partial charge in [0, 0.05) is 0 Å². The Kier molecular flexibility index (Phi) is 3.43. The van der Waals surface area contributed by atoms with Crippen LogP contribution in [-0.4, -0.2) is 25.7 Å². The van der Waals surface area contributed by atoms with Gasteiger partial charge in [0.25, 0.3) is 0 Å². The fourth-order valence-corrected chi connectivity index (χ4v) is 0.286. The van der Waals surface area contributed by atoms with Crippen molar-refractivity contribution in [3.05, 3.63) is 0 Å². The maximum Gasteiger partial charge on any atom is 0.418 e. The van der Waals surface area contributed by atoms with E-state index < -0.39 is 12.1 Å². The average Bonchev–Trinajstić information content (AvgIpc) is 1.87. The van der Waals surface area contributed by atoms with Crippen LogP contribution in [0.3, 0.4) is 0 Å². The highest BCUT2D eigenvalue weighted by atomic mass is 16.6. The molecular formula is C5H7O4. The van der Waals surface area contributed by atoms with Crippen molar-refractivity contribution in [3.8, 4) is 0 Å². The van der Waals surface area contributed by atoms with Gasteiger partial charge in [0.2, 0.25) is 0 Å². The summed E-state index contributed by atoms with van der Waals surface area (Å²) in [6, 6.07) is 0. The second-order valence-corrected chi connectivity index (χ2v) is 1.37. The molecule has 0 aliphatic heterocycles. The second kappa shape index (κ2) is 3.88. The molecule has 51 valence electrons. The molecule has 1 unspecified atom stereocenters. The Morgan fingerprint density at radius 1 is 1.67 bits per heavy atom. The number of hydrogen-bond donors (Lipinski definition) is 0. The normalized spacial score (nSPS) is 11.8. The number of carbonyl (C=O) groups excluding carboxylic acids is 2. The maximum absolute atomic E-state index is 10.4. The molecule has 0 heterocycles. The highest BCUT2D eigenvalue weighted by Crippen LogP contribution is 1.89. The third kappa shape index (κ3) is 2.69. The molecule has 0 bridgehead atoms. The van der Waals surface area contributed by atoms with Crippen LogP contribution in [-0.2, 0) is 19.1 Å². The highest BCUT2D eigenvalue weighted by Gasteiger charge is 2.12. The van der Waals surface area contributed by atoms with E-state index in [1.807, 2.05) is 0 Å². The van der Waals surface area contributed by atoms with E-state index in [9.17, 15) is 9.59 Å². The summed E-state index contributed by atoms with van der Waals surface area (Å²) in [7, 11) is 1.22. The highest BCUT2D eigenvalue weighted by molar-refractivity contribution is 5.75. The summed E-state index contributed by atoms with van der Waals surface area (Å²) in [6.07, 6.45) is -0.854. The van der Waals surface area contributed by atoms with Gasteiger partial charge in [-0.3, -0.25) is 0 Å². The summed E-state index contributed by atoms with van der Waals surface area (Å²) in [6.45, 7) is 2.53. The molecule has 0 saturated carbocycles. The number of methoxy groups -OCH3 is 1. The quantitative estimate of drug-likeness (QED) is 0.490. The van der Waals surface area contributed by atoms with Crippen LogP contribution in [0.1, 0.15) is 6.92 Å². The van der Waals surface area contributed by atoms with Crippen molar-refractivity contribution < 1.29 is 19.1 Å². The third-order valence-electron chi connectivity index (χ3n) is 0.758. The van der Waals surface area contributed by atoms with Crippen molar-refractivity contribution in [3.63, 3.8) is 0 Å². The molecule has 0 aromatic carbocycles. The third-order valence-corrected chi connectivity index (χ3v) is 0.758. The summed E-state index contributed by atoms with van der Waals surface area (Å²) >= 11 is 0. The van der Waals surface area contributed by atoms with E-state index in [1.165, 1.54) is 14.0 Å². The Morgan fingerprint density at radius 3 is 2.56 bits per heavy atom. The summed E-state index contributed by atoms with van der Waals surface area (Å²) < 4.78 is 8.34. The Labute approximate surface area is 52.7 Å². The van der Waals surface area contributed by atoms with Gasteiger partial charge in [-0.05, 0) is 6.92 Å². The van der Waals surface area contributed by atoms with E-state index in [0.717, 1.165) is 6.47 Å². The molecule has 0 saturated heterocycles. The largest absolute Gasteiger partial charge is 0.466 e. The predicted molar refractivity (Wildman–Crippen MR) is 28.3 cm³/mol. The molecule has 0 rings (SSSR count). The number of hydrogen-bond acceptors (Lipinski definition) is 4. The summed E-state index contributed by atoms with van der Waals surface area (Å²) in [5.41, 5.74) is 0. The van der Waals surface area contributed by atoms with Gasteiger partial charge in [-0.15, -0.1) is 0 Å². The molecule has 1 radical (unpaired) electrons. The van der Waals surface area contributed by atoms with Gasteiger partial charge in [-0.1, -0.05) is 0 Å². The standard InChI is InChI=1S/C5H7O4/c1-4(9-3-6)5(7)8-2/h4H,1-2H3. The first-order valence-corrected chi connectivity index (χ1v) is 2.33. The SMILES string of the molecule is COC(=O)C(C)O[C]=O. The minimum absolute atomic E-state index is 0.585. The lowest BCUT2D eigenvalue weighted by Crippen LogP contribution is -2.21. The van der Waals surface area contributed by atoms with Gasteiger partial charge in [-0.2, -0.15) is 0 Å². The van der Waals surface area contributed by atoms with Crippen LogP contribution in [0.2, 0.25) is 0 Å². The average molecular weight is 131 g/mol. The van der Waals surface area contributed by atoms with Crippen LogP contribution >= 0.6 is 0 Å². The Balaban J connectivity index is 3.58. The zero-order valence-corrected chi connectivity index (χ0v) is 5.21. The molecule has 1 atom stereocenters. The molecule has 0 aromatic heterocycles. The van der Waals surface area contributed by atoms with Crippen molar-refractivity contribution in [1.82, 2.24) is 0 Å². The molecule has 0 fully saturated rings. The van der Waals surface area contributed by atoms with E-state index in [0.29, 0.717) is 0 Å². The van der Waals surface area contributed by atoms with Crippen LogP contribution in [0.25, 0.3) is 0 Å². The number of esters is 1. The van der Waals surface area contributed by atoms with Crippen LogP contribution < -0.4 is 0 Å². The lowest BCUT2D eigenvalue weighted by molar-refractivity contribution is -0.148. The van der Waals surface area contributed by atoms with Crippen molar-refractivity contribution in [1.29, 1.82) is 0 Å². The van der Waals surface area contributed by atoms with Gasteiger partial charge in [0.15, 0.2) is 6.10 Å². The number of ether oxygens (including phenoxy) is 2. The fraction of sp³-hybridized carbons (Fsp3) is 0.600. The van der Waals surface area contributed by atoms with Crippen LogP contribution in [0.5, 0.6) is 0 Å². The van der Waals surface area contributed by atoms with Crippen molar-refractivity contribution in [2.24, 2.45) is 0 Å². The van der Waals surface area contributed by atoms with Gasteiger partial charge in [0.05, 0.1) is 7.11 Å². The first-order valence-electron chi connectivity index (χ1n) is 2.33. The predicted octanol–water partition coefficient (Wildman–Crippen LogP) is -0.368.